The molecule has 3 heteroatoms. The third kappa shape index (κ3) is 3.22. The first-order valence-electron chi connectivity index (χ1n) is 5.79. The van der Waals surface area contributed by atoms with Gasteiger partial charge in [-0.15, -0.1) is 0 Å². The summed E-state index contributed by atoms with van der Waals surface area (Å²) in [6.45, 7) is 5.12. The van der Waals surface area contributed by atoms with Crippen molar-refractivity contribution in [1.29, 1.82) is 0 Å². The number of hydrogen-bond donors (Lipinski definition) is 1. The summed E-state index contributed by atoms with van der Waals surface area (Å²) in [6, 6.07) is 6.98. The fourth-order valence-corrected chi connectivity index (χ4v) is 2.79. The van der Waals surface area contributed by atoms with Crippen LogP contribution in [-0.4, -0.2) is 18.8 Å². The van der Waals surface area contributed by atoms with E-state index in [1.54, 1.807) is 0 Å². The summed E-state index contributed by atoms with van der Waals surface area (Å²) in [6.07, 6.45) is 2.56. The minimum Gasteiger partial charge on any atom is -0.382 e. The van der Waals surface area contributed by atoms with Gasteiger partial charge >= 0.3 is 0 Å². The van der Waals surface area contributed by atoms with Gasteiger partial charge in [0.15, 0.2) is 0 Å². The van der Waals surface area contributed by atoms with Crippen LogP contribution in [0.5, 0.6) is 0 Å². The van der Waals surface area contributed by atoms with Gasteiger partial charge < -0.3 is 10.1 Å². The largest absolute Gasteiger partial charge is 0.382 e. The molecule has 0 amide bonds. The molecule has 0 aliphatic carbocycles. The summed E-state index contributed by atoms with van der Waals surface area (Å²) in [7, 11) is 0. The lowest BCUT2D eigenvalue weighted by molar-refractivity contribution is 0.0232. The first-order chi connectivity index (χ1) is 7.63. The molecule has 0 radical (unpaired) electrons. The minimum absolute atomic E-state index is 0.375. The van der Waals surface area contributed by atoms with Crippen LogP contribution in [0.25, 0.3) is 0 Å². The van der Waals surface area contributed by atoms with E-state index in [4.69, 9.17) is 4.74 Å². The molecule has 0 bridgehead atoms. The number of rotatable bonds is 2. The van der Waals surface area contributed by atoms with Gasteiger partial charge in [-0.3, -0.25) is 0 Å². The summed E-state index contributed by atoms with van der Waals surface area (Å²) in [5.41, 5.74) is 2.47. The van der Waals surface area contributed by atoms with Crippen LogP contribution in [0.15, 0.2) is 22.7 Å². The number of aryl methyl sites for hydroxylation is 1. The Kier molecular flexibility index (Phi) is 3.87. The van der Waals surface area contributed by atoms with Gasteiger partial charge in [-0.1, -0.05) is 15.9 Å². The van der Waals surface area contributed by atoms with Gasteiger partial charge in [-0.25, -0.2) is 0 Å². The van der Waals surface area contributed by atoms with E-state index in [9.17, 15) is 0 Å². The highest BCUT2D eigenvalue weighted by molar-refractivity contribution is 9.10. The molecule has 1 saturated heterocycles. The number of benzene rings is 1. The lowest BCUT2D eigenvalue weighted by Gasteiger charge is -2.28. The lowest BCUT2D eigenvalue weighted by Crippen LogP contribution is -2.32. The van der Waals surface area contributed by atoms with Gasteiger partial charge in [0.25, 0.3) is 0 Å². The van der Waals surface area contributed by atoms with Gasteiger partial charge in [-0.2, -0.15) is 0 Å². The third-order valence-corrected chi connectivity index (χ3v) is 3.36. The van der Waals surface area contributed by atoms with Crippen LogP contribution in [0.1, 0.15) is 25.3 Å². The topological polar surface area (TPSA) is 21.3 Å². The molecular formula is C13H18BrNO. The minimum atomic E-state index is 0.375. The number of nitrogens with one attached hydrogen (secondary N) is 1. The Bertz CT molecular complexity index is 347. The van der Waals surface area contributed by atoms with E-state index in [-0.39, 0.29) is 0 Å². The first kappa shape index (κ1) is 11.9. The SMILES string of the molecule is Cc1cc(Br)cc(NC2CCOC(C)C2)c1. The predicted octanol–water partition coefficient (Wildman–Crippen LogP) is 3.74. The molecule has 88 valence electrons. The first-order valence-corrected chi connectivity index (χ1v) is 6.58. The van der Waals surface area contributed by atoms with Gasteiger partial charge in [0.05, 0.1) is 6.10 Å². The Hall–Kier alpha value is -0.540. The molecule has 1 heterocycles. The zero-order chi connectivity index (χ0) is 11.5. The third-order valence-electron chi connectivity index (χ3n) is 2.90. The second-order valence-electron chi connectivity index (χ2n) is 4.56. The van der Waals surface area contributed by atoms with Gasteiger partial charge in [0.2, 0.25) is 0 Å². The van der Waals surface area contributed by atoms with Crippen LogP contribution in [0.2, 0.25) is 0 Å². The fourth-order valence-electron chi connectivity index (χ4n) is 2.18. The van der Waals surface area contributed by atoms with Crippen molar-refractivity contribution in [3.8, 4) is 0 Å². The molecule has 2 rings (SSSR count). The molecule has 2 unspecified atom stereocenters. The van der Waals surface area contributed by atoms with Gasteiger partial charge in [0, 0.05) is 22.8 Å². The summed E-state index contributed by atoms with van der Waals surface area (Å²) in [4.78, 5) is 0. The summed E-state index contributed by atoms with van der Waals surface area (Å²) in [5.74, 6) is 0. The highest BCUT2D eigenvalue weighted by Gasteiger charge is 2.18. The molecule has 0 aromatic heterocycles. The Morgan fingerprint density at radius 1 is 1.38 bits per heavy atom. The molecule has 0 spiro atoms. The molecule has 1 aromatic rings. The van der Waals surface area contributed by atoms with Crippen molar-refractivity contribution in [3.63, 3.8) is 0 Å². The van der Waals surface area contributed by atoms with E-state index in [1.165, 1.54) is 11.3 Å². The molecule has 0 saturated carbocycles. The van der Waals surface area contributed by atoms with Crippen LogP contribution in [0.3, 0.4) is 0 Å². The molecular weight excluding hydrogens is 266 g/mol. The number of ether oxygens (including phenoxy) is 1. The maximum Gasteiger partial charge on any atom is 0.0566 e. The van der Waals surface area contributed by atoms with Crippen molar-refractivity contribution in [2.24, 2.45) is 0 Å². The van der Waals surface area contributed by atoms with E-state index in [0.29, 0.717) is 12.1 Å². The second-order valence-corrected chi connectivity index (χ2v) is 5.48. The highest BCUT2D eigenvalue weighted by atomic mass is 79.9. The van der Waals surface area contributed by atoms with Crippen LogP contribution >= 0.6 is 15.9 Å². The summed E-state index contributed by atoms with van der Waals surface area (Å²) < 4.78 is 6.68. The molecule has 1 aliphatic rings. The Labute approximate surface area is 106 Å². The fraction of sp³-hybridized carbons (Fsp3) is 0.538. The number of hydrogen-bond acceptors (Lipinski definition) is 2. The zero-order valence-electron chi connectivity index (χ0n) is 9.79. The van der Waals surface area contributed by atoms with E-state index in [1.807, 2.05) is 0 Å². The van der Waals surface area contributed by atoms with Crippen molar-refractivity contribution in [1.82, 2.24) is 0 Å². The van der Waals surface area contributed by atoms with E-state index < -0.39 is 0 Å². The normalized spacial score (nSPS) is 25.4. The zero-order valence-corrected chi connectivity index (χ0v) is 11.4. The van der Waals surface area contributed by atoms with Gasteiger partial charge in [0.1, 0.15) is 0 Å². The molecule has 1 fully saturated rings. The lowest BCUT2D eigenvalue weighted by atomic mass is 10.0. The van der Waals surface area contributed by atoms with Crippen molar-refractivity contribution in [2.45, 2.75) is 38.8 Å². The van der Waals surface area contributed by atoms with E-state index >= 15 is 0 Å². The summed E-state index contributed by atoms with van der Waals surface area (Å²) in [5, 5.41) is 3.58. The van der Waals surface area contributed by atoms with Crippen LogP contribution in [0, 0.1) is 6.92 Å². The van der Waals surface area contributed by atoms with Crippen LogP contribution in [0.4, 0.5) is 5.69 Å². The van der Waals surface area contributed by atoms with E-state index in [2.05, 4.69) is 53.3 Å². The smallest absolute Gasteiger partial charge is 0.0566 e. The number of halogens is 1. The Balaban J connectivity index is 2.02. The maximum absolute atomic E-state index is 5.54. The average molecular weight is 284 g/mol. The Morgan fingerprint density at radius 3 is 2.88 bits per heavy atom. The molecule has 1 aromatic carbocycles. The quantitative estimate of drug-likeness (QED) is 0.893. The van der Waals surface area contributed by atoms with Crippen LogP contribution in [-0.2, 0) is 4.74 Å². The molecule has 2 atom stereocenters. The van der Waals surface area contributed by atoms with Crippen molar-refractivity contribution in [3.05, 3.63) is 28.2 Å². The van der Waals surface area contributed by atoms with E-state index in [0.717, 1.165) is 23.9 Å². The second kappa shape index (κ2) is 5.19. The van der Waals surface area contributed by atoms with Gasteiger partial charge in [-0.05, 0) is 50.5 Å². The van der Waals surface area contributed by atoms with Crippen molar-refractivity contribution in [2.75, 3.05) is 11.9 Å². The summed E-state index contributed by atoms with van der Waals surface area (Å²) >= 11 is 3.52. The predicted molar refractivity (Wildman–Crippen MR) is 70.9 cm³/mol. The highest BCUT2D eigenvalue weighted by Crippen LogP contribution is 2.23. The molecule has 16 heavy (non-hydrogen) atoms. The standard InChI is InChI=1S/C13H18BrNO/c1-9-5-11(14)8-13(6-9)15-12-3-4-16-10(2)7-12/h5-6,8,10,12,15H,3-4,7H2,1-2H3. The number of anilines is 1. The maximum atomic E-state index is 5.54. The monoisotopic (exact) mass is 283 g/mol. The molecule has 1 N–H and O–H groups in total. The van der Waals surface area contributed by atoms with Crippen molar-refractivity contribution < 1.29 is 4.74 Å². The molecule has 1 aliphatic heterocycles. The average Bonchev–Trinajstić information content (AvgIpc) is 2.15. The molecule has 2 nitrogen and oxygen atoms in total. The van der Waals surface area contributed by atoms with Crippen molar-refractivity contribution >= 4 is 21.6 Å². The van der Waals surface area contributed by atoms with Crippen LogP contribution < -0.4 is 5.32 Å². The Morgan fingerprint density at radius 2 is 2.19 bits per heavy atom.